The lowest BCUT2D eigenvalue weighted by Gasteiger charge is -2.39. The summed E-state index contributed by atoms with van der Waals surface area (Å²) in [4.78, 5) is 24.6. The normalized spacial score (nSPS) is 19.1. The van der Waals surface area contributed by atoms with Crippen molar-refractivity contribution in [2.75, 3.05) is 14.2 Å². The lowest BCUT2D eigenvalue weighted by atomic mass is 9.76. The molecule has 1 atom stereocenters. The van der Waals surface area contributed by atoms with Gasteiger partial charge < -0.3 is 15.2 Å². The molecule has 0 saturated carbocycles. The number of rotatable bonds is 4. The zero-order valence-electron chi connectivity index (χ0n) is 16.0. The van der Waals surface area contributed by atoms with E-state index in [0.717, 1.165) is 0 Å². The number of hydrogen-bond donors (Lipinski definition) is 2. The van der Waals surface area contributed by atoms with E-state index in [1.54, 1.807) is 25.3 Å². The molecule has 0 radical (unpaired) electrons. The fourth-order valence-electron chi connectivity index (χ4n) is 3.74. The summed E-state index contributed by atoms with van der Waals surface area (Å²) < 4.78 is 10.8. The molecule has 1 heterocycles. The van der Waals surface area contributed by atoms with Crippen LogP contribution in [-0.4, -0.2) is 30.9 Å². The number of Topliss-reactive ketones (excluding diaryl/α,β-unsaturated/α-hetero) is 1. The summed E-state index contributed by atoms with van der Waals surface area (Å²) in [7, 11) is 3.06. The van der Waals surface area contributed by atoms with Crippen LogP contribution in [0.5, 0.6) is 11.5 Å². The van der Waals surface area contributed by atoms with E-state index in [1.807, 2.05) is 0 Å². The smallest absolute Gasteiger partial charge is 0.235 e. The fraction of sp³-hybridized carbons (Fsp3) is 0.350. The Morgan fingerprint density at radius 1 is 1.32 bits per heavy atom. The van der Waals surface area contributed by atoms with Gasteiger partial charge in [0.1, 0.15) is 17.3 Å². The Morgan fingerprint density at radius 2 is 2.07 bits per heavy atom. The van der Waals surface area contributed by atoms with Crippen LogP contribution in [0.25, 0.3) is 0 Å². The standard InChI is InChI=1S/C20H22N4O4/c1-11(25)23-24-15-5-4-6-16(26)19(15)18(14(10-21)20(24)22)13-8-7-12(27-2)9-17(13)28-3/h7-9,18H,4-6,22H2,1-3H3,(H,23,25). The SMILES string of the molecule is COc1ccc(C2C(C#N)=C(N)N(NC(C)=O)C3=C2C(=O)CCC3)c(OC)c1. The van der Waals surface area contributed by atoms with E-state index in [4.69, 9.17) is 15.2 Å². The number of carbonyl (C=O) groups is 2. The van der Waals surface area contributed by atoms with Crippen LogP contribution in [0.1, 0.15) is 37.7 Å². The number of ether oxygens (including phenoxy) is 2. The van der Waals surface area contributed by atoms with Crippen LogP contribution in [-0.2, 0) is 9.59 Å². The van der Waals surface area contributed by atoms with Crippen molar-refractivity contribution in [1.82, 2.24) is 10.4 Å². The van der Waals surface area contributed by atoms with Gasteiger partial charge >= 0.3 is 0 Å². The molecule has 0 bridgehead atoms. The quantitative estimate of drug-likeness (QED) is 0.816. The molecule has 2 aliphatic rings. The molecule has 1 amide bonds. The van der Waals surface area contributed by atoms with E-state index in [0.29, 0.717) is 47.6 Å². The predicted molar refractivity (Wildman–Crippen MR) is 101 cm³/mol. The molecule has 1 unspecified atom stereocenters. The number of nitrogens with zero attached hydrogens (tertiary/aromatic N) is 2. The van der Waals surface area contributed by atoms with E-state index >= 15 is 0 Å². The average molecular weight is 382 g/mol. The summed E-state index contributed by atoms with van der Waals surface area (Å²) in [5.74, 6) is 0.108. The first-order valence-electron chi connectivity index (χ1n) is 8.88. The first-order valence-corrected chi connectivity index (χ1v) is 8.88. The molecule has 1 aromatic rings. The van der Waals surface area contributed by atoms with Gasteiger partial charge in [0, 0.05) is 36.2 Å². The third-order valence-corrected chi connectivity index (χ3v) is 4.93. The van der Waals surface area contributed by atoms with Crippen molar-refractivity contribution in [3.05, 3.63) is 46.4 Å². The van der Waals surface area contributed by atoms with Crippen LogP contribution in [0, 0.1) is 11.3 Å². The molecule has 3 rings (SSSR count). The Labute approximate surface area is 163 Å². The van der Waals surface area contributed by atoms with Crippen molar-refractivity contribution in [3.63, 3.8) is 0 Å². The summed E-state index contributed by atoms with van der Waals surface area (Å²) >= 11 is 0. The van der Waals surface area contributed by atoms with Gasteiger partial charge in [-0.3, -0.25) is 15.0 Å². The highest BCUT2D eigenvalue weighted by Crippen LogP contribution is 2.47. The van der Waals surface area contributed by atoms with Gasteiger partial charge in [-0.1, -0.05) is 6.07 Å². The average Bonchev–Trinajstić information content (AvgIpc) is 2.69. The summed E-state index contributed by atoms with van der Waals surface area (Å²) in [5, 5.41) is 11.2. The number of carbonyl (C=O) groups excluding carboxylic acids is 2. The predicted octanol–water partition coefficient (Wildman–Crippen LogP) is 1.86. The van der Waals surface area contributed by atoms with Gasteiger partial charge in [0.25, 0.3) is 0 Å². The largest absolute Gasteiger partial charge is 0.497 e. The second-order valence-corrected chi connectivity index (χ2v) is 6.59. The van der Waals surface area contributed by atoms with E-state index in [9.17, 15) is 14.9 Å². The van der Waals surface area contributed by atoms with Gasteiger partial charge in [0.15, 0.2) is 5.78 Å². The van der Waals surface area contributed by atoms with Crippen LogP contribution in [0.2, 0.25) is 0 Å². The molecule has 8 nitrogen and oxygen atoms in total. The Kier molecular flexibility index (Phi) is 5.27. The fourth-order valence-corrected chi connectivity index (χ4v) is 3.74. The van der Waals surface area contributed by atoms with E-state index in [2.05, 4.69) is 11.5 Å². The highest BCUT2D eigenvalue weighted by Gasteiger charge is 2.41. The van der Waals surface area contributed by atoms with Crippen molar-refractivity contribution in [2.45, 2.75) is 32.1 Å². The summed E-state index contributed by atoms with van der Waals surface area (Å²) in [5.41, 5.74) is 10.8. The van der Waals surface area contributed by atoms with Crippen LogP contribution >= 0.6 is 0 Å². The summed E-state index contributed by atoms with van der Waals surface area (Å²) in [6.45, 7) is 1.35. The van der Waals surface area contributed by atoms with Gasteiger partial charge in [-0.15, -0.1) is 0 Å². The lowest BCUT2D eigenvalue weighted by Crippen LogP contribution is -2.47. The third kappa shape index (κ3) is 3.16. The molecule has 0 saturated heterocycles. The third-order valence-electron chi connectivity index (χ3n) is 4.93. The Morgan fingerprint density at radius 3 is 2.68 bits per heavy atom. The Balaban J connectivity index is 2.26. The number of methoxy groups -OCH3 is 2. The molecule has 146 valence electrons. The van der Waals surface area contributed by atoms with Crippen LogP contribution in [0.4, 0.5) is 0 Å². The number of nitrogens with two attached hydrogens (primary N) is 1. The van der Waals surface area contributed by atoms with Gasteiger partial charge in [-0.05, 0) is 18.9 Å². The first kappa shape index (κ1) is 19.3. The van der Waals surface area contributed by atoms with Gasteiger partial charge in [0.2, 0.25) is 5.91 Å². The van der Waals surface area contributed by atoms with E-state index in [1.165, 1.54) is 19.0 Å². The molecule has 0 fully saturated rings. The molecule has 1 aliphatic carbocycles. The maximum atomic E-state index is 12.9. The maximum Gasteiger partial charge on any atom is 0.235 e. The monoisotopic (exact) mass is 382 g/mol. The number of amides is 1. The van der Waals surface area contributed by atoms with Crippen molar-refractivity contribution in [1.29, 1.82) is 5.26 Å². The second kappa shape index (κ2) is 7.64. The second-order valence-electron chi connectivity index (χ2n) is 6.59. The first-order chi connectivity index (χ1) is 13.4. The summed E-state index contributed by atoms with van der Waals surface area (Å²) in [6, 6.07) is 7.35. The minimum atomic E-state index is -0.668. The lowest BCUT2D eigenvalue weighted by molar-refractivity contribution is -0.123. The molecule has 28 heavy (non-hydrogen) atoms. The number of hydrogen-bond acceptors (Lipinski definition) is 7. The van der Waals surface area contributed by atoms with Crippen LogP contribution in [0.15, 0.2) is 40.9 Å². The highest BCUT2D eigenvalue weighted by atomic mass is 16.5. The number of allylic oxidation sites excluding steroid dienone is 3. The maximum absolute atomic E-state index is 12.9. The minimum Gasteiger partial charge on any atom is -0.497 e. The molecule has 1 aliphatic heterocycles. The minimum absolute atomic E-state index is 0.0697. The zero-order valence-corrected chi connectivity index (χ0v) is 16.0. The van der Waals surface area contributed by atoms with Crippen molar-refractivity contribution in [3.8, 4) is 17.6 Å². The topological polar surface area (TPSA) is 118 Å². The van der Waals surface area contributed by atoms with Crippen molar-refractivity contribution >= 4 is 11.7 Å². The molecular formula is C20H22N4O4. The van der Waals surface area contributed by atoms with Crippen LogP contribution < -0.4 is 20.6 Å². The van der Waals surface area contributed by atoms with Crippen LogP contribution in [0.3, 0.4) is 0 Å². The number of hydrazine groups is 1. The number of benzene rings is 1. The molecule has 1 aromatic carbocycles. The summed E-state index contributed by atoms with van der Waals surface area (Å²) in [6.07, 6.45) is 1.59. The molecular weight excluding hydrogens is 360 g/mol. The zero-order chi connectivity index (χ0) is 20.4. The Bertz CT molecular complexity index is 942. The Hall–Kier alpha value is -3.47. The van der Waals surface area contributed by atoms with Gasteiger partial charge in [-0.25, -0.2) is 5.01 Å². The molecule has 0 spiro atoms. The van der Waals surface area contributed by atoms with Crippen molar-refractivity contribution in [2.24, 2.45) is 5.73 Å². The molecule has 3 N–H and O–H groups in total. The molecule has 0 aromatic heterocycles. The van der Waals surface area contributed by atoms with Gasteiger partial charge in [0.05, 0.1) is 31.8 Å². The van der Waals surface area contributed by atoms with E-state index < -0.39 is 5.92 Å². The van der Waals surface area contributed by atoms with Gasteiger partial charge in [-0.2, -0.15) is 5.26 Å². The van der Waals surface area contributed by atoms with E-state index in [-0.39, 0.29) is 23.1 Å². The number of ketones is 1. The number of nitrogens with one attached hydrogen (secondary N) is 1. The van der Waals surface area contributed by atoms with Crippen molar-refractivity contribution < 1.29 is 19.1 Å². The molecule has 8 heteroatoms. The number of nitriles is 1. The highest BCUT2D eigenvalue weighted by molar-refractivity contribution is 6.00.